The molecule has 160 valence electrons. The Morgan fingerprint density at radius 2 is 1.72 bits per heavy atom. The average Bonchev–Trinajstić information content (AvgIpc) is 2.94. The van der Waals surface area contributed by atoms with Gasteiger partial charge in [0.25, 0.3) is 5.91 Å². The van der Waals surface area contributed by atoms with Gasteiger partial charge in [0.15, 0.2) is 5.69 Å². The number of amides is 3. The van der Waals surface area contributed by atoms with Crippen LogP contribution < -0.4 is 4.90 Å². The SMILES string of the molecule is [C-]#[N+]c1ccc(N2C(=O)N(Cc3ccc(-c4ccccc4)c(F)c3)C(C)(C)C2=O)cc1C. The van der Waals surface area contributed by atoms with Gasteiger partial charge in [0.1, 0.15) is 11.4 Å². The van der Waals surface area contributed by atoms with Crippen LogP contribution in [0.25, 0.3) is 16.0 Å². The molecule has 0 unspecified atom stereocenters. The summed E-state index contributed by atoms with van der Waals surface area (Å²) in [6, 6.07) is 18.5. The number of aryl methyl sites for hydroxylation is 1. The zero-order valence-electron chi connectivity index (χ0n) is 18.1. The fraction of sp³-hybridized carbons (Fsp3) is 0.192. The summed E-state index contributed by atoms with van der Waals surface area (Å²) in [6.07, 6.45) is 0. The number of anilines is 1. The molecular weight excluding hydrogens is 405 g/mol. The van der Waals surface area contributed by atoms with E-state index in [2.05, 4.69) is 4.85 Å². The molecule has 3 aromatic rings. The molecule has 0 radical (unpaired) electrons. The number of hydrogen-bond donors (Lipinski definition) is 0. The number of carbonyl (C=O) groups is 2. The maximum atomic E-state index is 14.8. The molecule has 32 heavy (non-hydrogen) atoms. The molecule has 3 aromatic carbocycles. The maximum absolute atomic E-state index is 14.8. The predicted octanol–water partition coefficient (Wildman–Crippen LogP) is 6.10. The van der Waals surface area contributed by atoms with Gasteiger partial charge in [-0.15, -0.1) is 0 Å². The van der Waals surface area contributed by atoms with Gasteiger partial charge in [0.05, 0.1) is 12.3 Å². The standard InChI is InChI=1S/C26H22FN3O2/c1-17-14-20(11-13-23(17)28-4)30-24(31)26(2,3)29(25(30)32)16-18-10-12-21(22(27)15-18)19-8-6-5-7-9-19/h5-15H,16H2,1-3H3. The van der Waals surface area contributed by atoms with E-state index in [0.29, 0.717) is 28.1 Å². The second kappa shape index (κ2) is 7.93. The molecule has 1 heterocycles. The lowest BCUT2D eigenvalue weighted by atomic mass is 10.0. The van der Waals surface area contributed by atoms with Crippen LogP contribution in [0, 0.1) is 19.3 Å². The van der Waals surface area contributed by atoms with E-state index >= 15 is 0 Å². The third kappa shape index (κ3) is 3.52. The fourth-order valence-corrected chi connectivity index (χ4v) is 3.92. The van der Waals surface area contributed by atoms with E-state index in [4.69, 9.17) is 6.57 Å². The number of urea groups is 1. The van der Waals surface area contributed by atoms with E-state index in [9.17, 15) is 14.0 Å². The Kier molecular flexibility index (Phi) is 5.27. The van der Waals surface area contributed by atoms with Crippen molar-refractivity contribution in [2.24, 2.45) is 0 Å². The van der Waals surface area contributed by atoms with Crippen LogP contribution >= 0.6 is 0 Å². The summed E-state index contributed by atoms with van der Waals surface area (Å²) in [5.74, 6) is -0.745. The summed E-state index contributed by atoms with van der Waals surface area (Å²) < 4.78 is 14.8. The Morgan fingerprint density at radius 1 is 1.00 bits per heavy atom. The smallest absolute Gasteiger partial charge is 0.305 e. The van der Waals surface area contributed by atoms with Crippen LogP contribution in [-0.2, 0) is 11.3 Å². The molecule has 6 heteroatoms. The molecule has 0 bridgehead atoms. The first kappa shape index (κ1) is 21.3. The maximum Gasteiger partial charge on any atom is 0.332 e. The number of benzene rings is 3. The van der Waals surface area contributed by atoms with Gasteiger partial charge in [0, 0.05) is 12.1 Å². The molecule has 0 N–H and O–H groups in total. The van der Waals surface area contributed by atoms with Crippen LogP contribution in [0.1, 0.15) is 25.0 Å². The van der Waals surface area contributed by atoms with Crippen LogP contribution in [0.4, 0.5) is 20.6 Å². The minimum atomic E-state index is -1.10. The Labute approximate surface area is 186 Å². The molecule has 1 saturated heterocycles. The average molecular weight is 427 g/mol. The highest BCUT2D eigenvalue weighted by atomic mass is 19.1. The highest BCUT2D eigenvalue weighted by molar-refractivity contribution is 6.23. The summed E-state index contributed by atoms with van der Waals surface area (Å²) >= 11 is 0. The zero-order chi connectivity index (χ0) is 23.0. The normalized spacial score (nSPS) is 15.2. The highest BCUT2D eigenvalue weighted by Crippen LogP contribution is 2.35. The Hall–Kier alpha value is -3.98. The lowest BCUT2D eigenvalue weighted by Crippen LogP contribution is -2.43. The minimum absolute atomic E-state index is 0.0964. The molecule has 1 aliphatic heterocycles. The van der Waals surface area contributed by atoms with Crippen molar-refractivity contribution in [2.75, 3.05) is 4.90 Å². The molecule has 0 spiro atoms. The number of halogens is 1. The van der Waals surface area contributed by atoms with Crippen LogP contribution in [0.15, 0.2) is 66.7 Å². The summed E-state index contributed by atoms with van der Waals surface area (Å²) in [4.78, 5) is 32.4. The van der Waals surface area contributed by atoms with Crippen molar-refractivity contribution >= 4 is 23.3 Å². The monoisotopic (exact) mass is 427 g/mol. The topological polar surface area (TPSA) is 45.0 Å². The number of hydrogen-bond acceptors (Lipinski definition) is 2. The van der Waals surface area contributed by atoms with Gasteiger partial charge >= 0.3 is 6.03 Å². The van der Waals surface area contributed by atoms with E-state index in [0.717, 1.165) is 10.5 Å². The molecule has 1 fully saturated rings. The van der Waals surface area contributed by atoms with E-state index < -0.39 is 11.6 Å². The van der Waals surface area contributed by atoms with E-state index in [-0.39, 0.29) is 18.3 Å². The second-order valence-corrected chi connectivity index (χ2v) is 8.33. The summed E-state index contributed by atoms with van der Waals surface area (Å²) in [7, 11) is 0. The lowest BCUT2D eigenvalue weighted by Gasteiger charge is -2.27. The number of carbonyl (C=O) groups excluding carboxylic acids is 2. The second-order valence-electron chi connectivity index (χ2n) is 8.33. The van der Waals surface area contributed by atoms with Gasteiger partial charge in [-0.25, -0.2) is 18.9 Å². The molecule has 0 saturated carbocycles. The first-order valence-electron chi connectivity index (χ1n) is 10.2. The van der Waals surface area contributed by atoms with Crippen LogP contribution in [0.5, 0.6) is 0 Å². The molecule has 4 rings (SSSR count). The molecular formula is C26H22FN3O2. The summed E-state index contributed by atoms with van der Waals surface area (Å²) in [5, 5.41) is 0. The van der Waals surface area contributed by atoms with Crippen LogP contribution in [0.2, 0.25) is 0 Å². The van der Waals surface area contributed by atoms with Crippen molar-refractivity contribution in [3.8, 4) is 11.1 Å². The first-order chi connectivity index (χ1) is 15.2. The summed E-state index contributed by atoms with van der Waals surface area (Å²) in [5.41, 5.74) is 2.33. The number of nitrogens with zero attached hydrogens (tertiary/aromatic N) is 3. The van der Waals surface area contributed by atoms with Crippen LogP contribution in [0.3, 0.4) is 0 Å². The molecule has 0 atom stereocenters. The van der Waals surface area contributed by atoms with Crippen molar-refractivity contribution in [1.29, 1.82) is 0 Å². The third-order valence-electron chi connectivity index (χ3n) is 5.84. The van der Waals surface area contributed by atoms with Crippen LogP contribution in [-0.4, -0.2) is 22.4 Å². The highest BCUT2D eigenvalue weighted by Gasteiger charge is 2.51. The van der Waals surface area contributed by atoms with Gasteiger partial charge in [-0.05, 0) is 55.7 Å². The number of rotatable bonds is 4. The lowest BCUT2D eigenvalue weighted by molar-refractivity contribution is -0.123. The molecule has 0 aliphatic carbocycles. The fourth-order valence-electron chi connectivity index (χ4n) is 3.92. The number of imide groups is 1. The van der Waals surface area contributed by atoms with Crippen molar-refractivity contribution in [3.63, 3.8) is 0 Å². The largest absolute Gasteiger partial charge is 0.332 e. The minimum Gasteiger partial charge on any atom is -0.305 e. The predicted molar refractivity (Wildman–Crippen MR) is 122 cm³/mol. The quantitative estimate of drug-likeness (QED) is 0.373. The molecule has 1 aliphatic rings. The Balaban J connectivity index is 1.64. The molecule has 5 nitrogen and oxygen atoms in total. The Morgan fingerprint density at radius 3 is 2.34 bits per heavy atom. The molecule has 0 aromatic heterocycles. The van der Waals surface area contributed by atoms with E-state index in [1.54, 1.807) is 51.1 Å². The van der Waals surface area contributed by atoms with Gasteiger partial charge in [-0.2, -0.15) is 0 Å². The van der Waals surface area contributed by atoms with E-state index in [1.165, 1.54) is 11.0 Å². The van der Waals surface area contributed by atoms with Crippen molar-refractivity contribution < 1.29 is 14.0 Å². The zero-order valence-corrected chi connectivity index (χ0v) is 18.1. The summed E-state index contributed by atoms with van der Waals surface area (Å²) in [6.45, 7) is 12.4. The van der Waals surface area contributed by atoms with Gasteiger partial charge in [-0.1, -0.05) is 48.5 Å². The van der Waals surface area contributed by atoms with Crippen molar-refractivity contribution in [3.05, 3.63) is 95.1 Å². The van der Waals surface area contributed by atoms with Crippen molar-refractivity contribution in [2.45, 2.75) is 32.9 Å². The van der Waals surface area contributed by atoms with Gasteiger partial charge < -0.3 is 4.90 Å². The molecule has 3 amide bonds. The van der Waals surface area contributed by atoms with E-state index in [1.807, 2.05) is 30.3 Å². The Bertz CT molecular complexity index is 1260. The third-order valence-corrected chi connectivity index (χ3v) is 5.84. The van der Waals surface area contributed by atoms with Gasteiger partial charge in [-0.3, -0.25) is 4.79 Å². The van der Waals surface area contributed by atoms with Gasteiger partial charge in [0.2, 0.25) is 0 Å². The first-order valence-corrected chi connectivity index (χ1v) is 10.2. The van der Waals surface area contributed by atoms with Crippen molar-refractivity contribution in [1.82, 2.24) is 4.90 Å².